The standard InChI is InChI=1S/C28H28BrN3O5/c1-18-13-21(7-12-24(18)29)31-26(33)17-37-23-10-8-22(9-11-23)32-16-20(14-27(32)34)28(35)30-15-19-5-3-4-6-25(19)36-2/h3-13,20H,14-17H2,1-2H3,(H,30,35)(H,31,33)/t20-/m0/s1. The van der Waals surface area contributed by atoms with E-state index >= 15 is 0 Å². The third kappa shape index (κ3) is 6.68. The summed E-state index contributed by atoms with van der Waals surface area (Å²) < 4.78 is 11.9. The Kier molecular flexibility index (Phi) is 8.45. The number of carbonyl (C=O) groups excluding carboxylic acids is 3. The number of hydrogen-bond acceptors (Lipinski definition) is 5. The number of anilines is 2. The number of carbonyl (C=O) groups is 3. The number of para-hydroxylation sites is 1. The lowest BCUT2D eigenvalue weighted by molar-refractivity contribution is -0.126. The van der Waals surface area contributed by atoms with Gasteiger partial charge in [0.15, 0.2) is 6.61 Å². The Morgan fingerprint density at radius 3 is 2.57 bits per heavy atom. The molecule has 37 heavy (non-hydrogen) atoms. The Morgan fingerprint density at radius 2 is 1.84 bits per heavy atom. The minimum absolute atomic E-state index is 0.115. The summed E-state index contributed by atoms with van der Waals surface area (Å²) in [5.41, 5.74) is 3.25. The van der Waals surface area contributed by atoms with Crippen LogP contribution in [0.5, 0.6) is 11.5 Å². The number of rotatable bonds is 9. The molecule has 0 aliphatic carbocycles. The largest absolute Gasteiger partial charge is 0.496 e. The lowest BCUT2D eigenvalue weighted by atomic mass is 10.1. The van der Waals surface area contributed by atoms with Gasteiger partial charge in [-0.15, -0.1) is 0 Å². The molecule has 1 heterocycles. The van der Waals surface area contributed by atoms with Crippen LogP contribution in [0.15, 0.2) is 71.2 Å². The van der Waals surface area contributed by atoms with E-state index in [0.29, 0.717) is 36.0 Å². The van der Waals surface area contributed by atoms with E-state index in [0.717, 1.165) is 15.6 Å². The first-order valence-electron chi connectivity index (χ1n) is 11.8. The van der Waals surface area contributed by atoms with Crippen molar-refractivity contribution in [3.05, 3.63) is 82.3 Å². The number of nitrogens with one attached hydrogen (secondary N) is 2. The summed E-state index contributed by atoms with van der Waals surface area (Å²) in [7, 11) is 1.59. The molecule has 3 aromatic carbocycles. The summed E-state index contributed by atoms with van der Waals surface area (Å²) in [5.74, 6) is 0.203. The molecule has 3 amide bonds. The fourth-order valence-electron chi connectivity index (χ4n) is 4.10. The van der Waals surface area contributed by atoms with Gasteiger partial charge in [-0.1, -0.05) is 34.1 Å². The molecule has 0 radical (unpaired) electrons. The van der Waals surface area contributed by atoms with E-state index in [1.165, 1.54) is 0 Å². The van der Waals surface area contributed by atoms with E-state index in [9.17, 15) is 14.4 Å². The maximum Gasteiger partial charge on any atom is 0.262 e. The van der Waals surface area contributed by atoms with Crippen molar-refractivity contribution in [2.75, 3.05) is 30.5 Å². The van der Waals surface area contributed by atoms with Crippen molar-refractivity contribution < 1.29 is 23.9 Å². The fraction of sp³-hybridized carbons (Fsp3) is 0.250. The fourth-order valence-corrected chi connectivity index (χ4v) is 4.35. The van der Waals surface area contributed by atoms with Crippen LogP contribution in [-0.2, 0) is 20.9 Å². The average Bonchev–Trinajstić information content (AvgIpc) is 3.30. The second-order valence-corrected chi connectivity index (χ2v) is 9.58. The molecule has 9 heteroatoms. The van der Waals surface area contributed by atoms with Crippen LogP contribution in [0.2, 0.25) is 0 Å². The summed E-state index contributed by atoms with van der Waals surface area (Å²) in [6, 6.07) is 19.9. The molecule has 1 aliphatic rings. The summed E-state index contributed by atoms with van der Waals surface area (Å²) in [6.07, 6.45) is 0.145. The Labute approximate surface area is 224 Å². The van der Waals surface area contributed by atoms with E-state index in [1.54, 1.807) is 36.3 Å². The number of halogens is 1. The summed E-state index contributed by atoms with van der Waals surface area (Å²) >= 11 is 3.44. The zero-order valence-electron chi connectivity index (χ0n) is 20.6. The number of hydrogen-bond donors (Lipinski definition) is 2. The molecule has 4 rings (SSSR count). The molecule has 0 bridgehead atoms. The second-order valence-electron chi connectivity index (χ2n) is 8.73. The summed E-state index contributed by atoms with van der Waals surface area (Å²) in [4.78, 5) is 39.2. The van der Waals surface area contributed by atoms with Gasteiger partial charge in [0, 0.05) is 40.9 Å². The van der Waals surface area contributed by atoms with Crippen LogP contribution in [-0.4, -0.2) is 38.0 Å². The van der Waals surface area contributed by atoms with Crippen molar-refractivity contribution in [2.24, 2.45) is 5.92 Å². The van der Waals surface area contributed by atoms with Crippen molar-refractivity contribution in [3.63, 3.8) is 0 Å². The van der Waals surface area contributed by atoms with E-state index in [-0.39, 0.29) is 30.7 Å². The Balaban J connectivity index is 1.27. The van der Waals surface area contributed by atoms with Crippen LogP contribution in [0.1, 0.15) is 17.5 Å². The second kappa shape index (κ2) is 11.9. The molecular weight excluding hydrogens is 538 g/mol. The number of ether oxygens (including phenoxy) is 2. The third-order valence-electron chi connectivity index (χ3n) is 6.10. The lowest BCUT2D eigenvalue weighted by Gasteiger charge is -2.17. The molecule has 0 saturated carbocycles. The number of methoxy groups -OCH3 is 1. The molecular formula is C28H28BrN3O5. The molecule has 1 aliphatic heterocycles. The van der Waals surface area contributed by atoms with Crippen LogP contribution in [0.4, 0.5) is 11.4 Å². The highest BCUT2D eigenvalue weighted by atomic mass is 79.9. The van der Waals surface area contributed by atoms with E-state index < -0.39 is 5.92 Å². The van der Waals surface area contributed by atoms with Crippen LogP contribution >= 0.6 is 15.9 Å². The topological polar surface area (TPSA) is 97.0 Å². The van der Waals surface area contributed by atoms with Crippen LogP contribution in [0.3, 0.4) is 0 Å². The monoisotopic (exact) mass is 565 g/mol. The highest BCUT2D eigenvalue weighted by Crippen LogP contribution is 2.27. The van der Waals surface area contributed by atoms with Gasteiger partial charge in [0.2, 0.25) is 11.8 Å². The Hall–Kier alpha value is -3.85. The molecule has 3 aromatic rings. The number of nitrogens with zero attached hydrogens (tertiary/aromatic N) is 1. The Bertz CT molecular complexity index is 1300. The quantitative estimate of drug-likeness (QED) is 0.399. The predicted octanol–water partition coefficient (Wildman–Crippen LogP) is 4.45. The van der Waals surface area contributed by atoms with Crippen molar-refractivity contribution >= 4 is 45.0 Å². The van der Waals surface area contributed by atoms with Gasteiger partial charge in [0.1, 0.15) is 11.5 Å². The smallest absolute Gasteiger partial charge is 0.262 e. The van der Waals surface area contributed by atoms with Gasteiger partial charge in [0.25, 0.3) is 5.91 Å². The third-order valence-corrected chi connectivity index (χ3v) is 6.99. The predicted molar refractivity (Wildman–Crippen MR) is 145 cm³/mol. The first-order valence-corrected chi connectivity index (χ1v) is 12.6. The molecule has 192 valence electrons. The number of aryl methyl sites for hydroxylation is 1. The summed E-state index contributed by atoms with van der Waals surface area (Å²) in [5, 5.41) is 5.71. The molecule has 8 nitrogen and oxygen atoms in total. The highest BCUT2D eigenvalue weighted by molar-refractivity contribution is 9.10. The van der Waals surface area contributed by atoms with Gasteiger partial charge < -0.3 is 25.0 Å². The Morgan fingerprint density at radius 1 is 1.08 bits per heavy atom. The van der Waals surface area contributed by atoms with Crippen molar-refractivity contribution in [2.45, 2.75) is 19.9 Å². The molecule has 1 fully saturated rings. The first-order chi connectivity index (χ1) is 17.8. The number of benzene rings is 3. The van der Waals surface area contributed by atoms with Gasteiger partial charge in [-0.2, -0.15) is 0 Å². The van der Waals surface area contributed by atoms with Crippen LogP contribution in [0, 0.1) is 12.8 Å². The van der Waals surface area contributed by atoms with Gasteiger partial charge >= 0.3 is 0 Å². The molecule has 2 N–H and O–H groups in total. The van der Waals surface area contributed by atoms with E-state index in [4.69, 9.17) is 9.47 Å². The average molecular weight is 566 g/mol. The minimum Gasteiger partial charge on any atom is -0.496 e. The zero-order valence-corrected chi connectivity index (χ0v) is 22.2. The molecule has 1 atom stereocenters. The first kappa shape index (κ1) is 26.2. The number of amides is 3. The molecule has 1 saturated heterocycles. The van der Waals surface area contributed by atoms with Gasteiger partial charge in [-0.25, -0.2) is 0 Å². The van der Waals surface area contributed by atoms with Crippen molar-refractivity contribution in [3.8, 4) is 11.5 Å². The molecule has 0 aromatic heterocycles. The lowest BCUT2D eigenvalue weighted by Crippen LogP contribution is -2.32. The maximum absolute atomic E-state index is 12.7. The SMILES string of the molecule is COc1ccccc1CNC(=O)[C@H]1CC(=O)N(c2ccc(OCC(=O)Nc3ccc(Br)c(C)c3)cc2)C1. The minimum atomic E-state index is -0.441. The molecule has 0 unspecified atom stereocenters. The van der Waals surface area contributed by atoms with Crippen LogP contribution < -0.4 is 25.0 Å². The van der Waals surface area contributed by atoms with Gasteiger partial charge in [0.05, 0.1) is 13.0 Å². The molecule has 0 spiro atoms. The normalized spacial score (nSPS) is 14.8. The highest BCUT2D eigenvalue weighted by Gasteiger charge is 2.35. The maximum atomic E-state index is 12.7. The van der Waals surface area contributed by atoms with Gasteiger partial charge in [-0.3, -0.25) is 14.4 Å². The van der Waals surface area contributed by atoms with Crippen molar-refractivity contribution in [1.29, 1.82) is 0 Å². The van der Waals surface area contributed by atoms with Crippen LogP contribution in [0.25, 0.3) is 0 Å². The zero-order chi connectivity index (χ0) is 26.4. The van der Waals surface area contributed by atoms with E-state index in [2.05, 4.69) is 26.6 Å². The van der Waals surface area contributed by atoms with Crippen molar-refractivity contribution in [1.82, 2.24) is 5.32 Å². The van der Waals surface area contributed by atoms with Gasteiger partial charge in [-0.05, 0) is 61.0 Å². The summed E-state index contributed by atoms with van der Waals surface area (Å²) in [6.45, 7) is 2.42. The van der Waals surface area contributed by atoms with E-state index in [1.807, 2.05) is 49.4 Å².